The molecule has 110 valence electrons. The Morgan fingerprint density at radius 2 is 1.32 bits per heavy atom. The average Bonchev–Trinajstić information content (AvgIpc) is 2.62. The number of rotatable bonds is 5. The van der Waals surface area contributed by atoms with Gasteiger partial charge < -0.3 is 9.88 Å². The number of pyridine rings is 1. The van der Waals surface area contributed by atoms with Crippen LogP contribution in [0.15, 0.2) is 85.1 Å². The molecule has 0 bridgehead atoms. The highest BCUT2D eigenvalue weighted by Crippen LogP contribution is 2.42. The minimum atomic E-state index is -2.74. The fourth-order valence-corrected chi connectivity index (χ4v) is 4.68. The third-order valence-electron chi connectivity index (χ3n) is 3.49. The summed E-state index contributed by atoms with van der Waals surface area (Å²) >= 11 is 0. The van der Waals surface area contributed by atoms with E-state index in [1.165, 1.54) is 0 Å². The lowest BCUT2D eigenvalue weighted by molar-refractivity contribution is 0.588. The van der Waals surface area contributed by atoms with Crippen LogP contribution in [0.2, 0.25) is 0 Å². The molecule has 0 amide bonds. The summed E-state index contributed by atoms with van der Waals surface area (Å²) in [5, 5.41) is 4.91. The van der Waals surface area contributed by atoms with Crippen molar-refractivity contribution in [2.24, 2.45) is 0 Å². The maximum absolute atomic E-state index is 13.7. The van der Waals surface area contributed by atoms with Gasteiger partial charge in [-0.2, -0.15) is 0 Å². The van der Waals surface area contributed by atoms with Crippen LogP contribution >= 0.6 is 7.14 Å². The van der Waals surface area contributed by atoms with Crippen molar-refractivity contribution >= 4 is 23.6 Å². The number of nitrogens with zero attached hydrogens (tertiary/aromatic N) is 1. The first-order chi connectivity index (χ1) is 10.8. The van der Waals surface area contributed by atoms with Gasteiger partial charge in [0.05, 0.1) is 6.29 Å². The van der Waals surface area contributed by atoms with E-state index in [1.807, 2.05) is 78.9 Å². The van der Waals surface area contributed by atoms with Gasteiger partial charge in [-0.15, -0.1) is 0 Å². The minimum Gasteiger partial charge on any atom is -0.362 e. The first-order valence-electron chi connectivity index (χ1n) is 7.14. The third-order valence-corrected chi connectivity index (χ3v) is 6.36. The van der Waals surface area contributed by atoms with Crippen molar-refractivity contribution in [1.29, 1.82) is 0 Å². The van der Waals surface area contributed by atoms with E-state index in [4.69, 9.17) is 0 Å². The Balaban J connectivity index is 1.95. The molecule has 0 unspecified atom stereocenters. The molecule has 3 rings (SSSR count). The molecule has 0 spiro atoms. The van der Waals surface area contributed by atoms with Gasteiger partial charge in [0.1, 0.15) is 5.82 Å². The van der Waals surface area contributed by atoms with Gasteiger partial charge in [0.2, 0.25) is 0 Å². The third kappa shape index (κ3) is 3.10. The monoisotopic (exact) mass is 308 g/mol. The van der Waals surface area contributed by atoms with E-state index in [1.54, 1.807) is 6.20 Å². The maximum Gasteiger partial charge on any atom is 0.161 e. The quantitative estimate of drug-likeness (QED) is 0.734. The second-order valence-corrected chi connectivity index (χ2v) is 7.79. The molecule has 0 aliphatic rings. The number of aromatic nitrogens is 1. The van der Waals surface area contributed by atoms with Crippen LogP contribution in [0.5, 0.6) is 0 Å². The Morgan fingerprint density at radius 1 is 0.773 bits per heavy atom. The van der Waals surface area contributed by atoms with Gasteiger partial charge >= 0.3 is 0 Å². The number of benzene rings is 2. The number of hydrogen-bond acceptors (Lipinski definition) is 3. The Hall–Kier alpha value is -2.38. The fraction of sp³-hybridized carbons (Fsp3) is 0.0556. The molecule has 2 aromatic carbocycles. The Labute approximate surface area is 130 Å². The number of anilines is 1. The molecule has 1 aromatic heterocycles. The van der Waals surface area contributed by atoms with Crippen molar-refractivity contribution in [3.05, 3.63) is 85.1 Å². The van der Waals surface area contributed by atoms with Crippen LogP contribution < -0.4 is 15.9 Å². The molecular formula is C18H17N2OP. The van der Waals surface area contributed by atoms with Crippen LogP contribution in [0.1, 0.15) is 0 Å². The number of hydrogen-bond donors (Lipinski definition) is 1. The largest absolute Gasteiger partial charge is 0.362 e. The van der Waals surface area contributed by atoms with Crippen LogP contribution in [0.3, 0.4) is 0 Å². The summed E-state index contributed by atoms with van der Waals surface area (Å²) in [6, 6.07) is 24.9. The lowest BCUT2D eigenvalue weighted by Crippen LogP contribution is -2.22. The van der Waals surface area contributed by atoms with Gasteiger partial charge in [0.25, 0.3) is 0 Å². The fourth-order valence-electron chi connectivity index (χ4n) is 2.33. The second kappa shape index (κ2) is 6.59. The predicted molar refractivity (Wildman–Crippen MR) is 92.5 cm³/mol. The summed E-state index contributed by atoms with van der Waals surface area (Å²) in [6.07, 6.45) is 2.07. The van der Waals surface area contributed by atoms with Gasteiger partial charge in [0, 0.05) is 16.8 Å². The molecule has 1 N–H and O–H groups in total. The van der Waals surface area contributed by atoms with Crippen LogP contribution in [0, 0.1) is 0 Å². The molecule has 0 saturated carbocycles. The normalized spacial score (nSPS) is 11.1. The molecular weight excluding hydrogens is 291 g/mol. The smallest absolute Gasteiger partial charge is 0.161 e. The first-order valence-corrected chi connectivity index (χ1v) is 9.03. The molecule has 3 aromatic rings. The molecule has 0 aliphatic heterocycles. The summed E-state index contributed by atoms with van der Waals surface area (Å²) in [7, 11) is -2.74. The second-order valence-electron chi connectivity index (χ2n) is 4.96. The zero-order valence-electron chi connectivity index (χ0n) is 12.1. The molecule has 0 saturated heterocycles. The van der Waals surface area contributed by atoms with E-state index in [0.29, 0.717) is 6.29 Å². The van der Waals surface area contributed by atoms with Gasteiger partial charge in [-0.1, -0.05) is 66.7 Å². The summed E-state index contributed by atoms with van der Waals surface area (Å²) < 4.78 is 13.7. The van der Waals surface area contributed by atoms with Crippen LogP contribution in [-0.4, -0.2) is 11.3 Å². The van der Waals surface area contributed by atoms with Gasteiger partial charge in [-0.05, 0) is 12.1 Å². The van der Waals surface area contributed by atoms with Crippen LogP contribution in [0.25, 0.3) is 0 Å². The van der Waals surface area contributed by atoms with Crippen molar-refractivity contribution in [2.75, 3.05) is 11.6 Å². The molecule has 0 radical (unpaired) electrons. The van der Waals surface area contributed by atoms with E-state index in [-0.39, 0.29) is 0 Å². The van der Waals surface area contributed by atoms with Crippen molar-refractivity contribution in [1.82, 2.24) is 4.98 Å². The van der Waals surface area contributed by atoms with E-state index in [0.717, 1.165) is 16.4 Å². The number of nitrogens with one attached hydrogen (secondary N) is 1. The SMILES string of the molecule is O=P(CNc1ccccn1)(c1ccccc1)c1ccccc1. The summed E-state index contributed by atoms with van der Waals surface area (Å²) in [5.41, 5.74) is 0. The molecule has 0 atom stereocenters. The average molecular weight is 308 g/mol. The Bertz CT molecular complexity index is 717. The summed E-state index contributed by atoms with van der Waals surface area (Å²) in [6.45, 7) is 0. The Morgan fingerprint density at radius 3 is 1.82 bits per heavy atom. The van der Waals surface area contributed by atoms with E-state index in [9.17, 15) is 4.57 Å². The van der Waals surface area contributed by atoms with Crippen molar-refractivity contribution in [3.63, 3.8) is 0 Å². The van der Waals surface area contributed by atoms with Crippen molar-refractivity contribution in [2.45, 2.75) is 0 Å². The summed E-state index contributed by atoms with van der Waals surface area (Å²) in [4.78, 5) is 4.24. The van der Waals surface area contributed by atoms with E-state index >= 15 is 0 Å². The van der Waals surface area contributed by atoms with Crippen LogP contribution in [0.4, 0.5) is 5.82 Å². The zero-order chi connectivity index (χ0) is 15.3. The van der Waals surface area contributed by atoms with Gasteiger partial charge in [-0.25, -0.2) is 4.98 Å². The maximum atomic E-state index is 13.7. The van der Waals surface area contributed by atoms with Crippen molar-refractivity contribution < 1.29 is 4.57 Å². The van der Waals surface area contributed by atoms with Crippen molar-refractivity contribution in [3.8, 4) is 0 Å². The highest BCUT2D eigenvalue weighted by molar-refractivity contribution is 7.78. The summed E-state index contributed by atoms with van der Waals surface area (Å²) in [5.74, 6) is 0.731. The lowest BCUT2D eigenvalue weighted by Gasteiger charge is -2.20. The first kappa shape index (κ1) is 14.6. The standard InChI is InChI=1S/C18H17N2OP/c21-22(16-9-3-1-4-10-16,17-11-5-2-6-12-17)15-20-18-13-7-8-14-19-18/h1-14H,15H2,(H,19,20). The molecule has 4 heteroatoms. The molecule has 22 heavy (non-hydrogen) atoms. The van der Waals surface area contributed by atoms with Gasteiger partial charge in [0.15, 0.2) is 7.14 Å². The molecule has 1 heterocycles. The molecule has 0 aliphatic carbocycles. The predicted octanol–water partition coefficient (Wildman–Crippen LogP) is 3.47. The topological polar surface area (TPSA) is 42.0 Å². The van der Waals surface area contributed by atoms with Gasteiger partial charge in [-0.3, -0.25) is 0 Å². The van der Waals surface area contributed by atoms with Crippen LogP contribution in [-0.2, 0) is 4.57 Å². The van der Waals surface area contributed by atoms with E-state index < -0.39 is 7.14 Å². The van der Waals surface area contributed by atoms with E-state index in [2.05, 4.69) is 10.3 Å². The molecule has 3 nitrogen and oxygen atoms in total. The highest BCUT2D eigenvalue weighted by Gasteiger charge is 2.26. The molecule has 0 fully saturated rings. The Kier molecular flexibility index (Phi) is 4.36. The minimum absolute atomic E-state index is 0.345. The highest BCUT2D eigenvalue weighted by atomic mass is 31.2. The lowest BCUT2D eigenvalue weighted by atomic mass is 10.4. The zero-order valence-corrected chi connectivity index (χ0v) is 13.0.